The van der Waals surface area contributed by atoms with Gasteiger partial charge < -0.3 is 4.74 Å². The van der Waals surface area contributed by atoms with Crippen LogP contribution in [0.15, 0.2) is 24.0 Å². The lowest BCUT2D eigenvalue weighted by molar-refractivity contribution is -0.135. The topological polar surface area (TPSA) is 26.3 Å². The van der Waals surface area contributed by atoms with Crippen molar-refractivity contribution in [2.75, 3.05) is 0 Å². The van der Waals surface area contributed by atoms with Crippen LogP contribution in [0.3, 0.4) is 0 Å². The highest BCUT2D eigenvalue weighted by molar-refractivity contribution is 5.73. The second-order valence-corrected chi connectivity index (χ2v) is 2.37. The monoisotopic (exact) mass is 162 g/mol. The molecule has 0 aliphatic carbocycles. The van der Waals surface area contributed by atoms with Crippen molar-refractivity contribution in [2.24, 2.45) is 0 Å². The van der Waals surface area contributed by atoms with Crippen LogP contribution in [-0.2, 0) is 9.53 Å². The van der Waals surface area contributed by atoms with Crippen LogP contribution in [0.5, 0.6) is 0 Å². The Labute approximate surface area is 71.9 Å². The first kappa shape index (κ1) is 8.61. The number of carbonyl (C=O) groups is 1. The van der Waals surface area contributed by atoms with Gasteiger partial charge in [-0.05, 0) is 13.0 Å². The first-order valence-corrected chi connectivity index (χ1v) is 3.85. The van der Waals surface area contributed by atoms with Gasteiger partial charge in [0, 0.05) is 12.5 Å². The maximum atomic E-state index is 10.6. The molecule has 0 aromatic rings. The van der Waals surface area contributed by atoms with Crippen LogP contribution < -0.4 is 0 Å². The van der Waals surface area contributed by atoms with Crippen molar-refractivity contribution >= 4 is 5.97 Å². The van der Waals surface area contributed by atoms with E-state index in [0.29, 0.717) is 18.6 Å². The Morgan fingerprint density at radius 2 is 2.25 bits per heavy atom. The van der Waals surface area contributed by atoms with Gasteiger partial charge in [0.1, 0.15) is 5.76 Å². The summed E-state index contributed by atoms with van der Waals surface area (Å²) in [6.45, 7) is 1.90. The van der Waals surface area contributed by atoms with E-state index in [4.69, 9.17) is 4.74 Å². The maximum Gasteiger partial charge on any atom is 0.311 e. The number of esters is 1. The molecular formula is C10H10O2. The van der Waals surface area contributed by atoms with Crippen molar-refractivity contribution in [3.05, 3.63) is 24.0 Å². The SMILES string of the molecule is CC=CC#CC=C1CCC(=O)O1. The third kappa shape index (κ3) is 2.63. The van der Waals surface area contributed by atoms with E-state index in [1.165, 1.54) is 0 Å². The summed E-state index contributed by atoms with van der Waals surface area (Å²) >= 11 is 0. The lowest BCUT2D eigenvalue weighted by Crippen LogP contribution is -1.88. The molecule has 0 saturated carbocycles. The molecule has 2 nitrogen and oxygen atoms in total. The second kappa shape index (κ2) is 4.40. The summed E-state index contributed by atoms with van der Waals surface area (Å²) in [5, 5.41) is 0. The fourth-order valence-corrected chi connectivity index (χ4v) is 0.829. The minimum atomic E-state index is -0.158. The van der Waals surface area contributed by atoms with E-state index in [-0.39, 0.29) is 5.97 Å². The lowest BCUT2D eigenvalue weighted by Gasteiger charge is -1.89. The first-order chi connectivity index (χ1) is 5.83. The molecule has 0 radical (unpaired) electrons. The fraction of sp³-hybridized carbons (Fsp3) is 0.300. The molecule has 0 aromatic carbocycles. The molecule has 0 aromatic heterocycles. The molecule has 1 fully saturated rings. The molecule has 1 saturated heterocycles. The molecule has 1 aliphatic heterocycles. The molecule has 0 amide bonds. The summed E-state index contributed by atoms with van der Waals surface area (Å²) in [4.78, 5) is 10.6. The summed E-state index contributed by atoms with van der Waals surface area (Å²) in [6, 6.07) is 0. The minimum absolute atomic E-state index is 0.158. The van der Waals surface area contributed by atoms with Gasteiger partial charge in [0.05, 0.1) is 6.42 Å². The van der Waals surface area contributed by atoms with Crippen LogP contribution in [-0.4, -0.2) is 5.97 Å². The summed E-state index contributed by atoms with van der Waals surface area (Å²) in [6.07, 6.45) is 6.41. The van der Waals surface area contributed by atoms with Gasteiger partial charge in [-0.3, -0.25) is 4.79 Å². The largest absolute Gasteiger partial charge is 0.430 e. The van der Waals surface area contributed by atoms with Gasteiger partial charge in [-0.1, -0.05) is 17.9 Å². The zero-order valence-electron chi connectivity index (χ0n) is 6.96. The number of carbonyl (C=O) groups excluding carboxylic acids is 1. The Hall–Kier alpha value is -1.49. The minimum Gasteiger partial charge on any atom is -0.430 e. The van der Waals surface area contributed by atoms with Gasteiger partial charge >= 0.3 is 5.97 Å². The maximum absolute atomic E-state index is 10.6. The molecule has 1 heterocycles. The molecule has 0 spiro atoms. The molecule has 0 N–H and O–H groups in total. The third-order valence-corrected chi connectivity index (χ3v) is 1.39. The van der Waals surface area contributed by atoms with Gasteiger partial charge in [0.15, 0.2) is 0 Å². The van der Waals surface area contributed by atoms with Crippen molar-refractivity contribution in [1.29, 1.82) is 0 Å². The fourth-order valence-electron chi connectivity index (χ4n) is 0.829. The van der Waals surface area contributed by atoms with E-state index in [2.05, 4.69) is 11.8 Å². The number of rotatable bonds is 0. The summed E-state index contributed by atoms with van der Waals surface area (Å²) in [5.74, 6) is 6.07. The lowest BCUT2D eigenvalue weighted by atomic mass is 10.3. The Morgan fingerprint density at radius 1 is 1.42 bits per heavy atom. The molecular weight excluding hydrogens is 152 g/mol. The van der Waals surface area contributed by atoms with Gasteiger partial charge in [-0.2, -0.15) is 0 Å². The van der Waals surface area contributed by atoms with Crippen molar-refractivity contribution < 1.29 is 9.53 Å². The molecule has 1 aliphatic rings. The Bertz CT molecular complexity index is 287. The van der Waals surface area contributed by atoms with Gasteiger partial charge in [0.2, 0.25) is 0 Å². The van der Waals surface area contributed by atoms with Crippen LogP contribution in [0.2, 0.25) is 0 Å². The Balaban J connectivity index is 2.49. The van der Waals surface area contributed by atoms with Gasteiger partial charge in [-0.25, -0.2) is 0 Å². The highest BCUT2D eigenvalue weighted by Crippen LogP contribution is 2.16. The predicted octanol–water partition coefficient (Wildman–Crippen LogP) is 1.79. The quantitative estimate of drug-likeness (QED) is 0.401. The predicted molar refractivity (Wildman–Crippen MR) is 46.0 cm³/mol. The molecule has 1 rings (SSSR count). The average Bonchev–Trinajstić information content (AvgIpc) is 2.45. The molecule has 0 bridgehead atoms. The number of hydrogen-bond acceptors (Lipinski definition) is 2. The highest BCUT2D eigenvalue weighted by atomic mass is 16.5. The molecule has 62 valence electrons. The van der Waals surface area contributed by atoms with E-state index in [1.807, 2.05) is 13.0 Å². The smallest absolute Gasteiger partial charge is 0.311 e. The van der Waals surface area contributed by atoms with Gasteiger partial charge in [0.25, 0.3) is 0 Å². The highest BCUT2D eigenvalue weighted by Gasteiger charge is 2.15. The van der Waals surface area contributed by atoms with Crippen LogP contribution in [0, 0.1) is 11.8 Å². The molecule has 0 unspecified atom stereocenters. The Kier molecular flexibility index (Phi) is 3.16. The van der Waals surface area contributed by atoms with Crippen molar-refractivity contribution in [3.8, 4) is 11.8 Å². The molecule has 2 heteroatoms. The van der Waals surface area contributed by atoms with E-state index in [1.54, 1.807) is 12.2 Å². The zero-order chi connectivity index (χ0) is 8.81. The normalized spacial score (nSPS) is 19.4. The van der Waals surface area contributed by atoms with E-state index in [0.717, 1.165) is 0 Å². The van der Waals surface area contributed by atoms with Crippen molar-refractivity contribution in [2.45, 2.75) is 19.8 Å². The van der Waals surface area contributed by atoms with Crippen molar-refractivity contribution in [3.63, 3.8) is 0 Å². The number of ether oxygens (including phenoxy) is 1. The van der Waals surface area contributed by atoms with E-state index in [9.17, 15) is 4.79 Å². The van der Waals surface area contributed by atoms with Gasteiger partial charge in [-0.15, -0.1) is 0 Å². The van der Waals surface area contributed by atoms with Crippen LogP contribution in [0.4, 0.5) is 0 Å². The molecule has 12 heavy (non-hydrogen) atoms. The molecule has 0 atom stereocenters. The van der Waals surface area contributed by atoms with Crippen LogP contribution in [0.1, 0.15) is 19.8 Å². The second-order valence-electron chi connectivity index (χ2n) is 2.37. The number of hydrogen-bond donors (Lipinski definition) is 0. The Morgan fingerprint density at radius 3 is 2.83 bits per heavy atom. The van der Waals surface area contributed by atoms with E-state index >= 15 is 0 Å². The summed E-state index contributed by atoms with van der Waals surface area (Å²) in [5.41, 5.74) is 0. The third-order valence-electron chi connectivity index (χ3n) is 1.39. The van der Waals surface area contributed by atoms with Crippen LogP contribution >= 0.6 is 0 Å². The number of allylic oxidation sites excluding steroid dienone is 4. The standard InChI is InChI=1S/C10H10O2/c1-2-3-4-5-6-9-7-8-10(11)12-9/h2-3,6H,7-8H2,1H3. The summed E-state index contributed by atoms with van der Waals surface area (Å²) in [7, 11) is 0. The first-order valence-electron chi connectivity index (χ1n) is 3.85. The average molecular weight is 162 g/mol. The van der Waals surface area contributed by atoms with E-state index < -0.39 is 0 Å². The number of cyclic esters (lactones) is 1. The summed E-state index contributed by atoms with van der Waals surface area (Å²) < 4.78 is 4.84. The zero-order valence-corrected chi connectivity index (χ0v) is 6.96. The van der Waals surface area contributed by atoms with Crippen molar-refractivity contribution in [1.82, 2.24) is 0 Å². The van der Waals surface area contributed by atoms with Crippen LogP contribution in [0.25, 0.3) is 0 Å².